The highest BCUT2D eigenvalue weighted by Crippen LogP contribution is 2.17. The predicted molar refractivity (Wildman–Crippen MR) is 128 cm³/mol. The summed E-state index contributed by atoms with van der Waals surface area (Å²) in [5, 5.41) is 0. The van der Waals surface area contributed by atoms with Gasteiger partial charge in [-0.05, 0) is 76.1 Å². The number of allylic oxidation sites excluding steroid dienone is 2. The number of likely N-dealkylation sites (N-methyl/N-ethyl adjacent to an activating group) is 1. The molecule has 0 saturated heterocycles. The first kappa shape index (κ1) is 23.5. The summed E-state index contributed by atoms with van der Waals surface area (Å²) < 4.78 is 6.05. The Hall–Kier alpha value is -2.76. The second-order valence-electron chi connectivity index (χ2n) is 9.01. The molecule has 0 spiro atoms. The van der Waals surface area contributed by atoms with Crippen molar-refractivity contribution in [2.24, 2.45) is 5.41 Å². The molecule has 0 unspecified atom stereocenters. The Morgan fingerprint density at radius 1 is 1.07 bits per heavy atom. The van der Waals surface area contributed by atoms with Crippen molar-refractivity contribution in [3.8, 4) is 17.6 Å². The molecular formula is C28H35NO. The van der Waals surface area contributed by atoms with Crippen molar-refractivity contribution < 1.29 is 4.74 Å². The fraction of sp³-hybridized carbons (Fsp3) is 0.357. The Bertz CT molecular complexity index is 921. The average molecular weight is 402 g/mol. The third-order valence-electron chi connectivity index (χ3n) is 4.32. The van der Waals surface area contributed by atoms with Crippen LogP contribution < -0.4 is 4.74 Å². The van der Waals surface area contributed by atoms with Gasteiger partial charge in [0.2, 0.25) is 0 Å². The number of ether oxygens (including phenoxy) is 1. The first-order valence-electron chi connectivity index (χ1n) is 10.5. The maximum absolute atomic E-state index is 6.05. The molecule has 0 aliphatic carbocycles. The van der Waals surface area contributed by atoms with E-state index < -0.39 is 0 Å². The van der Waals surface area contributed by atoms with Crippen molar-refractivity contribution in [3.63, 3.8) is 0 Å². The molecule has 158 valence electrons. The van der Waals surface area contributed by atoms with E-state index >= 15 is 0 Å². The van der Waals surface area contributed by atoms with Gasteiger partial charge < -0.3 is 4.74 Å². The monoisotopic (exact) mass is 401 g/mol. The summed E-state index contributed by atoms with van der Waals surface area (Å²) in [4.78, 5) is 2.26. The van der Waals surface area contributed by atoms with Crippen LogP contribution in [-0.4, -0.2) is 18.5 Å². The van der Waals surface area contributed by atoms with Gasteiger partial charge >= 0.3 is 0 Å². The van der Waals surface area contributed by atoms with Crippen molar-refractivity contribution >= 4 is 0 Å². The average Bonchev–Trinajstić information content (AvgIpc) is 2.65. The van der Waals surface area contributed by atoms with E-state index in [1.54, 1.807) is 0 Å². The zero-order valence-corrected chi connectivity index (χ0v) is 19.2. The van der Waals surface area contributed by atoms with Gasteiger partial charge in [-0.15, -0.1) is 0 Å². The molecule has 0 atom stereocenters. The van der Waals surface area contributed by atoms with E-state index in [1.165, 1.54) is 22.3 Å². The van der Waals surface area contributed by atoms with Crippen LogP contribution in [0.25, 0.3) is 0 Å². The van der Waals surface area contributed by atoms with Crippen LogP contribution in [0.5, 0.6) is 5.75 Å². The van der Waals surface area contributed by atoms with Crippen LogP contribution in [0, 0.1) is 17.3 Å². The van der Waals surface area contributed by atoms with Gasteiger partial charge in [-0.2, -0.15) is 0 Å². The summed E-state index contributed by atoms with van der Waals surface area (Å²) in [6.45, 7) is 14.7. The molecule has 0 fully saturated rings. The molecule has 0 amide bonds. The van der Waals surface area contributed by atoms with Crippen LogP contribution >= 0.6 is 0 Å². The molecule has 2 nitrogen and oxygen atoms in total. The second kappa shape index (κ2) is 11.4. The molecule has 0 bridgehead atoms. The molecule has 0 saturated carbocycles. The summed E-state index contributed by atoms with van der Waals surface area (Å²) >= 11 is 0. The Morgan fingerprint density at radius 2 is 1.77 bits per heavy atom. The Labute approximate surface area is 183 Å². The summed E-state index contributed by atoms with van der Waals surface area (Å²) in [6, 6.07) is 16.9. The molecule has 0 heterocycles. The van der Waals surface area contributed by atoms with Crippen molar-refractivity contribution in [1.29, 1.82) is 0 Å². The van der Waals surface area contributed by atoms with Gasteiger partial charge in [0.05, 0.1) is 0 Å². The summed E-state index contributed by atoms with van der Waals surface area (Å²) in [7, 11) is 2.11. The highest BCUT2D eigenvalue weighted by Gasteiger charge is 2.04. The van der Waals surface area contributed by atoms with Gasteiger partial charge in [0.25, 0.3) is 0 Å². The first-order chi connectivity index (χ1) is 14.2. The molecule has 30 heavy (non-hydrogen) atoms. The molecule has 2 heteroatoms. The smallest absolute Gasteiger partial charge is 0.120 e. The lowest BCUT2D eigenvalue weighted by Gasteiger charge is -2.15. The fourth-order valence-electron chi connectivity index (χ4n) is 3.00. The fourth-order valence-corrected chi connectivity index (χ4v) is 3.00. The van der Waals surface area contributed by atoms with E-state index in [-0.39, 0.29) is 5.41 Å². The third-order valence-corrected chi connectivity index (χ3v) is 4.32. The summed E-state index contributed by atoms with van der Waals surface area (Å²) in [5.74, 6) is 7.24. The largest absolute Gasteiger partial charge is 0.489 e. The zero-order valence-electron chi connectivity index (χ0n) is 19.2. The molecule has 2 rings (SSSR count). The Balaban J connectivity index is 1.87. The molecule has 0 aromatic heterocycles. The van der Waals surface area contributed by atoms with E-state index in [0.717, 1.165) is 25.3 Å². The van der Waals surface area contributed by atoms with E-state index in [2.05, 4.69) is 107 Å². The zero-order chi connectivity index (χ0) is 22.0. The standard InChI is InChI=1S/C28H35NO/c1-23(2)18-24-12-10-14-26(19-24)22-30-27-15-11-13-25(20-27)21-29(6)17-9-7-8-16-28(3,4)5/h7,9-15,19-20H,1,17-18,21-22H2,2-6H3. The van der Waals surface area contributed by atoms with Gasteiger partial charge in [0.1, 0.15) is 12.4 Å². The molecular weight excluding hydrogens is 366 g/mol. The van der Waals surface area contributed by atoms with Crippen LogP contribution in [0.4, 0.5) is 0 Å². The van der Waals surface area contributed by atoms with E-state index in [4.69, 9.17) is 4.74 Å². The van der Waals surface area contributed by atoms with Crippen molar-refractivity contribution in [1.82, 2.24) is 4.90 Å². The molecule has 2 aromatic carbocycles. The van der Waals surface area contributed by atoms with Gasteiger partial charge in [-0.3, -0.25) is 4.90 Å². The minimum Gasteiger partial charge on any atom is -0.489 e. The molecule has 0 aliphatic rings. The molecule has 0 aliphatic heterocycles. The maximum atomic E-state index is 6.05. The molecule has 2 aromatic rings. The number of hydrogen-bond acceptors (Lipinski definition) is 2. The lowest BCUT2D eigenvalue weighted by atomic mass is 9.98. The minimum absolute atomic E-state index is 0.0442. The Kier molecular flexibility index (Phi) is 8.96. The number of nitrogens with zero attached hydrogens (tertiary/aromatic N) is 1. The van der Waals surface area contributed by atoms with Crippen LogP contribution in [0.3, 0.4) is 0 Å². The lowest BCUT2D eigenvalue weighted by Crippen LogP contribution is -2.17. The van der Waals surface area contributed by atoms with E-state index in [1.807, 2.05) is 12.1 Å². The summed E-state index contributed by atoms with van der Waals surface area (Å²) in [5.41, 5.74) is 4.90. The highest BCUT2D eigenvalue weighted by molar-refractivity contribution is 5.30. The van der Waals surface area contributed by atoms with Gasteiger partial charge in [-0.25, -0.2) is 0 Å². The predicted octanol–water partition coefficient (Wildman–Crippen LogP) is 6.42. The van der Waals surface area contributed by atoms with Gasteiger partial charge in [-0.1, -0.05) is 66.5 Å². The van der Waals surface area contributed by atoms with Crippen LogP contribution in [0.1, 0.15) is 44.4 Å². The highest BCUT2D eigenvalue weighted by atomic mass is 16.5. The SMILES string of the molecule is C=C(C)Cc1cccc(COc2cccc(CN(C)CC=CC#CC(C)(C)C)c2)c1. The second-order valence-corrected chi connectivity index (χ2v) is 9.01. The van der Waals surface area contributed by atoms with Crippen molar-refractivity contribution in [3.05, 3.63) is 89.5 Å². The molecule has 0 radical (unpaired) electrons. The van der Waals surface area contributed by atoms with Gasteiger partial charge in [0.15, 0.2) is 0 Å². The number of hydrogen-bond donors (Lipinski definition) is 0. The lowest BCUT2D eigenvalue weighted by molar-refractivity contribution is 0.304. The maximum Gasteiger partial charge on any atom is 0.120 e. The topological polar surface area (TPSA) is 12.5 Å². The number of rotatable bonds is 9. The van der Waals surface area contributed by atoms with Crippen LogP contribution in [0.2, 0.25) is 0 Å². The number of benzene rings is 2. The van der Waals surface area contributed by atoms with E-state index in [0.29, 0.717) is 6.61 Å². The third kappa shape index (κ3) is 9.63. The van der Waals surface area contributed by atoms with Crippen molar-refractivity contribution in [2.75, 3.05) is 13.6 Å². The van der Waals surface area contributed by atoms with Crippen molar-refractivity contribution in [2.45, 2.75) is 47.3 Å². The quantitative estimate of drug-likeness (QED) is 0.355. The van der Waals surface area contributed by atoms with Crippen LogP contribution in [0.15, 0.2) is 72.8 Å². The normalized spacial score (nSPS) is 11.4. The van der Waals surface area contributed by atoms with Gasteiger partial charge in [0, 0.05) is 18.5 Å². The minimum atomic E-state index is 0.0442. The van der Waals surface area contributed by atoms with E-state index in [9.17, 15) is 0 Å². The Morgan fingerprint density at radius 3 is 2.50 bits per heavy atom. The molecule has 0 N–H and O–H groups in total. The first-order valence-corrected chi connectivity index (χ1v) is 10.5. The van der Waals surface area contributed by atoms with Crippen LogP contribution in [-0.2, 0) is 19.6 Å². The summed E-state index contributed by atoms with van der Waals surface area (Å²) in [6.07, 6.45) is 4.96.